The van der Waals surface area contributed by atoms with Crippen LogP contribution in [-0.4, -0.2) is 34.4 Å². The lowest BCUT2D eigenvalue weighted by Gasteiger charge is -2.15. The van der Waals surface area contributed by atoms with Gasteiger partial charge in [0.2, 0.25) is 0 Å². The van der Waals surface area contributed by atoms with Gasteiger partial charge in [0, 0.05) is 10.0 Å². The molecule has 0 atom stereocenters. The summed E-state index contributed by atoms with van der Waals surface area (Å²) >= 11 is 9.77. The van der Waals surface area contributed by atoms with Gasteiger partial charge in [-0.25, -0.2) is 0 Å². The minimum absolute atomic E-state index is 0.260. The quantitative estimate of drug-likeness (QED) is 0.257. The van der Waals surface area contributed by atoms with Crippen LogP contribution in [0.25, 0.3) is 6.08 Å². The second kappa shape index (κ2) is 11.5. The summed E-state index contributed by atoms with van der Waals surface area (Å²) in [7, 11) is 0. The molecule has 1 N–H and O–H groups in total. The van der Waals surface area contributed by atoms with Gasteiger partial charge >= 0.3 is 0 Å². The molecule has 0 radical (unpaired) electrons. The Morgan fingerprint density at radius 2 is 1.91 bits per heavy atom. The van der Waals surface area contributed by atoms with Crippen molar-refractivity contribution in [1.82, 2.24) is 10.4 Å². The van der Waals surface area contributed by atoms with Gasteiger partial charge in [-0.05, 0) is 73.6 Å². The van der Waals surface area contributed by atoms with Crippen LogP contribution in [0.3, 0.4) is 0 Å². The molecule has 0 aromatic heterocycles. The minimum atomic E-state index is -0.415. The molecule has 32 heavy (non-hydrogen) atoms. The fourth-order valence-electron chi connectivity index (χ4n) is 2.81. The second-order valence-corrected chi connectivity index (χ2v) is 9.40. The van der Waals surface area contributed by atoms with Crippen LogP contribution in [0.15, 0.2) is 51.8 Å². The Morgan fingerprint density at radius 3 is 2.59 bits per heavy atom. The summed E-state index contributed by atoms with van der Waals surface area (Å²) in [6.45, 7) is 5.12. The average Bonchev–Trinajstić information content (AvgIpc) is 3.03. The fraction of sp³-hybridized carbons (Fsp3) is 0.261. The molecular weight excluding hydrogens is 512 g/mol. The van der Waals surface area contributed by atoms with Crippen molar-refractivity contribution in [2.45, 2.75) is 26.7 Å². The molecule has 2 amide bonds. The van der Waals surface area contributed by atoms with E-state index in [2.05, 4.69) is 28.3 Å². The van der Waals surface area contributed by atoms with E-state index in [-0.39, 0.29) is 10.2 Å². The molecule has 1 saturated heterocycles. The maximum Gasteiger partial charge on any atom is 0.285 e. The highest BCUT2D eigenvalue weighted by Gasteiger charge is 2.33. The molecule has 9 heteroatoms. The van der Waals surface area contributed by atoms with E-state index < -0.39 is 5.91 Å². The normalized spacial score (nSPS) is 14.7. The third-order valence-corrected chi connectivity index (χ3v) is 6.27. The molecule has 1 fully saturated rings. The van der Waals surface area contributed by atoms with E-state index in [1.807, 2.05) is 25.1 Å². The van der Waals surface area contributed by atoms with E-state index in [9.17, 15) is 9.59 Å². The lowest BCUT2D eigenvalue weighted by molar-refractivity contribution is -0.123. The number of benzene rings is 2. The van der Waals surface area contributed by atoms with E-state index in [1.165, 1.54) is 0 Å². The van der Waals surface area contributed by atoms with Gasteiger partial charge in [-0.1, -0.05) is 47.1 Å². The van der Waals surface area contributed by atoms with E-state index in [0.29, 0.717) is 35.2 Å². The van der Waals surface area contributed by atoms with Crippen molar-refractivity contribution in [3.05, 3.63) is 63.0 Å². The third-order valence-electron chi connectivity index (χ3n) is 4.43. The first kappa shape index (κ1) is 24.3. The molecule has 0 aliphatic carbocycles. The molecule has 0 spiro atoms. The average molecular weight is 535 g/mol. The Hall–Kier alpha value is -2.36. The van der Waals surface area contributed by atoms with Gasteiger partial charge in [0.1, 0.15) is 0 Å². The van der Waals surface area contributed by atoms with Crippen LogP contribution in [0.1, 0.15) is 42.6 Å². The molecule has 0 bridgehead atoms. The molecule has 1 aliphatic rings. The first-order chi connectivity index (χ1) is 15.4. The Labute approximate surface area is 205 Å². The van der Waals surface area contributed by atoms with Crippen LogP contribution < -0.4 is 14.9 Å². The predicted octanol–water partition coefficient (Wildman–Crippen LogP) is 5.57. The highest BCUT2D eigenvalue weighted by Crippen LogP contribution is 2.34. The Morgan fingerprint density at radius 1 is 1.16 bits per heavy atom. The number of carbonyl (C=O) groups is 2. The van der Waals surface area contributed by atoms with Gasteiger partial charge < -0.3 is 9.47 Å². The number of ether oxygens (including phenoxy) is 2. The van der Waals surface area contributed by atoms with Crippen LogP contribution in [0.4, 0.5) is 0 Å². The lowest BCUT2D eigenvalue weighted by Crippen LogP contribution is -2.44. The first-order valence-corrected chi connectivity index (χ1v) is 12.2. The van der Waals surface area contributed by atoms with Gasteiger partial charge in [-0.2, -0.15) is 5.01 Å². The van der Waals surface area contributed by atoms with Crippen LogP contribution in [0.5, 0.6) is 11.5 Å². The highest BCUT2D eigenvalue weighted by atomic mass is 79.9. The summed E-state index contributed by atoms with van der Waals surface area (Å²) in [5, 5.41) is 1.10. The SMILES string of the molecule is CCCCOc1ccc(/C=C2\SC(=S)N(NC(=O)c3ccc(Br)cc3)C2=O)cc1OCC. The largest absolute Gasteiger partial charge is 0.490 e. The highest BCUT2D eigenvalue weighted by molar-refractivity contribution is 9.10. The monoisotopic (exact) mass is 534 g/mol. The molecule has 168 valence electrons. The molecule has 2 aromatic carbocycles. The van der Waals surface area contributed by atoms with E-state index in [0.717, 1.165) is 39.6 Å². The number of hydrogen-bond donors (Lipinski definition) is 1. The number of hydrogen-bond acceptors (Lipinski definition) is 6. The number of carbonyl (C=O) groups excluding carboxylic acids is 2. The standard InChI is InChI=1S/C23H23BrN2O4S2/c1-3-5-12-30-18-11-6-15(13-19(18)29-4-2)14-20-22(28)26(23(31)32-20)25-21(27)16-7-9-17(24)10-8-16/h6-11,13-14H,3-5,12H2,1-2H3,(H,25,27)/b20-14-. The lowest BCUT2D eigenvalue weighted by atomic mass is 10.2. The molecule has 1 heterocycles. The number of thioether (sulfide) groups is 1. The first-order valence-electron chi connectivity index (χ1n) is 10.2. The number of unbranched alkanes of at least 4 members (excludes halogenated alkanes) is 1. The number of rotatable bonds is 9. The van der Waals surface area contributed by atoms with E-state index >= 15 is 0 Å². The van der Waals surface area contributed by atoms with E-state index in [4.69, 9.17) is 21.7 Å². The molecule has 0 saturated carbocycles. The molecule has 0 unspecified atom stereocenters. The van der Waals surface area contributed by atoms with Crippen molar-refractivity contribution in [3.63, 3.8) is 0 Å². The molecular formula is C23H23BrN2O4S2. The number of amides is 2. The van der Waals surface area contributed by atoms with Gasteiger partial charge in [0.25, 0.3) is 11.8 Å². The van der Waals surface area contributed by atoms with E-state index in [1.54, 1.807) is 30.3 Å². The molecule has 3 rings (SSSR count). The van der Waals surface area contributed by atoms with Crippen molar-refractivity contribution in [1.29, 1.82) is 0 Å². The maximum atomic E-state index is 12.9. The molecule has 1 aliphatic heterocycles. The summed E-state index contributed by atoms with van der Waals surface area (Å²) in [6, 6.07) is 12.4. The summed E-state index contributed by atoms with van der Waals surface area (Å²) in [6.07, 6.45) is 3.73. The number of halogens is 1. The summed E-state index contributed by atoms with van der Waals surface area (Å²) in [4.78, 5) is 25.8. The topological polar surface area (TPSA) is 67.9 Å². The Balaban J connectivity index is 1.75. The van der Waals surface area contributed by atoms with Gasteiger partial charge in [-0.15, -0.1) is 0 Å². The van der Waals surface area contributed by atoms with Crippen molar-refractivity contribution in [2.24, 2.45) is 0 Å². The number of thiocarbonyl (C=S) groups is 1. The van der Waals surface area contributed by atoms with Crippen LogP contribution in [0.2, 0.25) is 0 Å². The summed E-state index contributed by atoms with van der Waals surface area (Å²) < 4.78 is 12.6. The van der Waals surface area contributed by atoms with Crippen LogP contribution in [0, 0.1) is 0 Å². The van der Waals surface area contributed by atoms with Crippen LogP contribution >= 0.6 is 39.9 Å². The zero-order chi connectivity index (χ0) is 23.1. The molecule has 6 nitrogen and oxygen atoms in total. The summed E-state index contributed by atoms with van der Waals surface area (Å²) in [5.74, 6) is 0.497. The fourth-order valence-corrected chi connectivity index (χ4v) is 4.26. The van der Waals surface area contributed by atoms with Gasteiger partial charge in [0.15, 0.2) is 15.8 Å². The zero-order valence-electron chi connectivity index (χ0n) is 17.7. The third kappa shape index (κ3) is 6.11. The number of nitrogens with zero attached hydrogens (tertiary/aromatic N) is 1. The maximum absolute atomic E-state index is 12.9. The van der Waals surface area contributed by atoms with Crippen molar-refractivity contribution >= 4 is 62.1 Å². The van der Waals surface area contributed by atoms with Gasteiger partial charge in [-0.3, -0.25) is 15.0 Å². The Kier molecular flexibility index (Phi) is 8.72. The smallest absolute Gasteiger partial charge is 0.285 e. The van der Waals surface area contributed by atoms with Crippen molar-refractivity contribution < 1.29 is 19.1 Å². The predicted molar refractivity (Wildman–Crippen MR) is 135 cm³/mol. The van der Waals surface area contributed by atoms with Gasteiger partial charge in [0.05, 0.1) is 18.1 Å². The number of nitrogens with one attached hydrogen (secondary N) is 1. The number of hydrazine groups is 1. The van der Waals surface area contributed by atoms with Crippen molar-refractivity contribution in [2.75, 3.05) is 13.2 Å². The second-order valence-electron chi connectivity index (χ2n) is 6.81. The summed E-state index contributed by atoms with van der Waals surface area (Å²) in [5.41, 5.74) is 3.78. The van der Waals surface area contributed by atoms with Crippen molar-refractivity contribution in [3.8, 4) is 11.5 Å². The Bertz CT molecular complexity index is 1040. The zero-order valence-corrected chi connectivity index (χ0v) is 20.9. The van der Waals surface area contributed by atoms with Crippen LogP contribution in [-0.2, 0) is 4.79 Å². The minimum Gasteiger partial charge on any atom is -0.490 e. The molecule has 2 aromatic rings.